The third-order valence-electron chi connectivity index (χ3n) is 1.55. The molecule has 0 bridgehead atoms. The molecule has 0 saturated carbocycles. The molecule has 86 valence electrons. The van der Waals surface area contributed by atoms with Crippen molar-refractivity contribution in [1.82, 2.24) is 5.32 Å². The quantitative estimate of drug-likeness (QED) is 0.449. The molecule has 7 heteroatoms. The van der Waals surface area contributed by atoms with Gasteiger partial charge in [-0.1, -0.05) is 0 Å². The van der Waals surface area contributed by atoms with E-state index in [-0.39, 0.29) is 12.3 Å². The second kappa shape index (κ2) is 7.34. The standard InChI is InChI=1S/C8H14NO5P/c1-6(11)9-7(8(12)14-2)3-4-15(13)5-10/h4,7,10H,3,5H2,1-2H3,(H,9,11)/t7-/m0/s1. The van der Waals surface area contributed by atoms with Crippen LogP contribution in [0.15, 0.2) is 0 Å². The lowest BCUT2D eigenvalue weighted by atomic mass is 10.2. The summed E-state index contributed by atoms with van der Waals surface area (Å²) in [6.07, 6.45) is -0.398. The maximum absolute atomic E-state index is 11.1. The van der Waals surface area contributed by atoms with E-state index in [0.29, 0.717) is 0 Å². The van der Waals surface area contributed by atoms with Gasteiger partial charge in [-0.05, 0) is 0 Å². The zero-order chi connectivity index (χ0) is 11.8. The first-order valence-corrected chi connectivity index (χ1v) is 5.75. The van der Waals surface area contributed by atoms with Crippen LogP contribution in [0.5, 0.6) is 0 Å². The van der Waals surface area contributed by atoms with E-state index in [0.717, 1.165) is 0 Å². The lowest BCUT2D eigenvalue weighted by molar-refractivity contribution is -0.155. The van der Waals surface area contributed by atoms with Crippen molar-refractivity contribution in [3.8, 4) is 0 Å². The molecule has 15 heavy (non-hydrogen) atoms. The van der Waals surface area contributed by atoms with Crippen molar-refractivity contribution in [3.05, 3.63) is 0 Å². The van der Waals surface area contributed by atoms with Crippen molar-refractivity contribution in [2.24, 2.45) is 0 Å². The lowest BCUT2D eigenvalue weighted by Crippen LogP contribution is -2.40. The summed E-state index contributed by atoms with van der Waals surface area (Å²) in [5.74, 6) is 0.299. The Kier molecular flexibility index (Phi) is 6.86. The zero-order valence-corrected chi connectivity index (χ0v) is 9.49. The number of carbonyl (C=O) groups is 2. The molecule has 0 aromatic heterocycles. The third-order valence-corrected chi connectivity index (χ3v) is 2.44. The fourth-order valence-electron chi connectivity index (χ4n) is 0.882. The average Bonchev–Trinajstić information content (AvgIpc) is 2.21. The summed E-state index contributed by atoms with van der Waals surface area (Å²) in [4.78, 5) is 32.8. The maximum Gasteiger partial charge on any atom is 0.328 e. The van der Waals surface area contributed by atoms with Gasteiger partial charge in [0.15, 0.2) is 6.35 Å². The number of amides is 1. The minimum atomic E-state index is -1.84. The van der Waals surface area contributed by atoms with Crippen LogP contribution in [0.4, 0.5) is 0 Å². The fraction of sp³-hybridized carbons (Fsp3) is 0.625. The zero-order valence-electron chi connectivity index (χ0n) is 8.60. The second-order valence-corrected chi connectivity index (χ2v) is 4.24. The molecule has 6 nitrogen and oxygen atoms in total. The molecule has 0 aliphatic heterocycles. The molecule has 0 aliphatic carbocycles. The minimum absolute atomic E-state index is 0.0714. The topological polar surface area (TPSA) is 98.7 Å². The first kappa shape index (κ1) is 14.0. The molecule has 0 radical (unpaired) electrons. The van der Waals surface area contributed by atoms with E-state index in [4.69, 9.17) is 5.11 Å². The number of esters is 1. The van der Waals surface area contributed by atoms with Gasteiger partial charge in [-0.3, -0.25) is 4.79 Å². The Balaban J connectivity index is 4.37. The van der Waals surface area contributed by atoms with Crippen molar-refractivity contribution >= 4 is 25.4 Å². The molecule has 2 N–H and O–H groups in total. The number of ether oxygens (including phenoxy) is 1. The molecule has 0 aliphatic rings. The van der Waals surface area contributed by atoms with E-state index in [2.05, 4.69) is 10.1 Å². The highest BCUT2D eigenvalue weighted by Gasteiger charge is 2.19. The summed E-state index contributed by atoms with van der Waals surface area (Å²) in [6.45, 7) is 1.27. The van der Waals surface area contributed by atoms with Gasteiger partial charge in [0.05, 0.1) is 20.7 Å². The van der Waals surface area contributed by atoms with Crippen LogP contribution in [0.3, 0.4) is 0 Å². The average molecular weight is 235 g/mol. The molecule has 0 aromatic rings. The van der Waals surface area contributed by atoms with Crippen molar-refractivity contribution in [2.75, 3.05) is 13.5 Å². The number of hydrogen-bond donors (Lipinski definition) is 2. The predicted octanol–water partition coefficient (Wildman–Crippen LogP) is -1.44. The first-order chi connectivity index (χ1) is 7.01. The van der Waals surface area contributed by atoms with Gasteiger partial charge in [-0.2, -0.15) is 0 Å². The van der Waals surface area contributed by atoms with Crippen molar-refractivity contribution in [3.63, 3.8) is 0 Å². The van der Waals surface area contributed by atoms with E-state index in [1.807, 2.05) is 0 Å². The molecular formula is C8H14NO5P. The van der Waals surface area contributed by atoms with Gasteiger partial charge < -0.3 is 20.1 Å². The molecule has 0 spiro atoms. The van der Waals surface area contributed by atoms with Crippen LogP contribution in [-0.2, 0) is 14.3 Å². The van der Waals surface area contributed by atoms with Gasteiger partial charge in [0, 0.05) is 13.3 Å². The SMILES string of the molecule is COC(=O)[C@H](CC=[P+]([O-])CO)NC(C)=O. The van der Waals surface area contributed by atoms with Gasteiger partial charge in [-0.15, -0.1) is 0 Å². The van der Waals surface area contributed by atoms with Crippen LogP contribution < -0.4 is 10.2 Å². The highest BCUT2D eigenvalue weighted by molar-refractivity contribution is 7.49. The van der Waals surface area contributed by atoms with Gasteiger partial charge in [0.2, 0.25) is 5.91 Å². The van der Waals surface area contributed by atoms with Crippen molar-refractivity contribution in [2.45, 2.75) is 19.4 Å². The van der Waals surface area contributed by atoms with E-state index in [9.17, 15) is 14.5 Å². The van der Waals surface area contributed by atoms with Crippen LogP contribution in [-0.4, -0.2) is 42.3 Å². The van der Waals surface area contributed by atoms with E-state index < -0.39 is 26.1 Å². The smallest absolute Gasteiger partial charge is 0.328 e. The van der Waals surface area contributed by atoms with Crippen LogP contribution in [0.2, 0.25) is 0 Å². The molecular weight excluding hydrogens is 221 g/mol. The molecule has 0 saturated heterocycles. The van der Waals surface area contributed by atoms with Gasteiger partial charge in [0.25, 0.3) is 0 Å². The monoisotopic (exact) mass is 235 g/mol. The number of hydrogen-bond acceptors (Lipinski definition) is 5. The first-order valence-electron chi connectivity index (χ1n) is 4.24. The molecule has 0 rings (SSSR count). The second-order valence-electron chi connectivity index (χ2n) is 2.75. The highest BCUT2D eigenvalue weighted by atomic mass is 31.1. The molecule has 1 amide bonds. The van der Waals surface area contributed by atoms with Crippen molar-refractivity contribution in [1.29, 1.82) is 0 Å². The van der Waals surface area contributed by atoms with Crippen LogP contribution in [0.25, 0.3) is 0 Å². The number of aliphatic hydroxyl groups excluding tert-OH is 1. The van der Waals surface area contributed by atoms with E-state index >= 15 is 0 Å². The molecule has 0 fully saturated rings. The van der Waals surface area contributed by atoms with Crippen LogP contribution in [0, 0.1) is 0 Å². The van der Waals surface area contributed by atoms with Gasteiger partial charge in [0.1, 0.15) is 6.04 Å². The summed E-state index contributed by atoms with van der Waals surface area (Å²) < 4.78 is 4.45. The fourth-order valence-corrected chi connectivity index (χ4v) is 1.44. The normalized spacial score (nSPS) is 13.2. The molecule has 2 atom stereocenters. The Morgan fingerprint density at radius 2 is 2.27 bits per heavy atom. The summed E-state index contributed by atoms with van der Waals surface area (Å²) in [6, 6.07) is -0.849. The third kappa shape index (κ3) is 6.17. The van der Waals surface area contributed by atoms with Crippen LogP contribution in [0.1, 0.15) is 13.3 Å². The summed E-state index contributed by atoms with van der Waals surface area (Å²) >= 11 is 0. The van der Waals surface area contributed by atoms with Crippen molar-refractivity contribution < 1.29 is 24.3 Å². The largest absolute Gasteiger partial charge is 0.629 e. The number of aliphatic hydroxyl groups is 1. The molecule has 0 aromatic carbocycles. The molecule has 1 unspecified atom stereocenters. The predicted molar refractivity (Wildman–Crippen MR) is 54.3 cm³/mol. The Morgan fingerprint density at radius 1 is 1.67 bits per heavy atom. The number of methoxy groups -OCH3 is 1. The van der Waals surface area contributed by atoms with Gasteiger partial charge in [-0.25, -0.2) is 4.79 Å². The van der Waals surface area contributed by atoms with Gasteiger partial charge >= 0.3 is 5.97 Å². The lowest BCUT2D eigenvalue weighted by Gasteiger charge is -2.12. The molecule has 0 heterocycles. The van der Waals surface area contributed by atoms with E-state index in [1.54, 1.807) is 0 Å². The number of rotatable bonds is 5. The van der Waals surface area contributed by atoms with E-state index in [1.165, 1.54) is 19.8 Å². The maximum atomic E-state index is 11.1. The summed E-state index contributed by atoms with van der Waals surface area (Å²) in [5.41, 5.74) is 0. The highest BCUT2D eigenvalue weighted by Crippen LogP contribution is 2.07. The number of carbonyl (C=O) groups excluding carboxylic acids is 2. The Hall–Kier alpha value is -0.970. The summed E-state index contributed by atoms with van der Waals surface area (Å²) in [7, 11) is -0.647. The minimum Gasteiger partial charge on any atom is -0.629 e. The number of nitrogens with one attached hydrogen (secondary N) is 1. The summed E-state index contributed by atoms with van der Waals surface area (Å²) in [5, 5.41) is 10.9. The Morgan fingerprint density at radius 3 is 2.67 bits per heavy atom. The van der Waals surface area contributed by atoms with Crippen LogP contribution >= 0.6 is 7.77 Å². The Bertz CT molecular complexity index is 266. The Labute approximate surface area is 88.7 Å².